The number of hydrogen-bond donors (Lipinski definition) is 0. The molecule has 0 saturated carbocycles. The van der Waals surface area contributed by atoms with Gasteiger partial charge < -0.3 is 0 Å². The maximum atomic E-state index is 6.51. The molecule has 0 heterocycles. The third-order valence-corrected chi connectivity index (χ3v) is 15.8. The van der Waals surface area contributed by atoms with E-state index in [1.165, 1.54) is 49.8 Å². The molecule has 0 fully saturated rings. The first-order valence-corrected chi connectivity index (χ1v) is 18.4. The minimum atomic E-state index is -2.40. The molecule has 3 aromatic carbocycles. The molecular weight excluding hydrogens is 556 g/mol. The molecule has 0 bridgehead atoms. The van der Waals surface area contributed by atoms with Crippen molar-refractivity contribution >= 4 is 24.9 Å². The van der Waals surface area contributed by atoms with Crippen molar-refractivity contribution in [2.75, 3.05) is 0 Å². The largest absolute Gasteiger partial charge is 0.106 e. The molecule has 0 amide bonds. The summed E-state index contributed by atoms with van der Waals surface area (Å²) in [6.45, 7) is 7.39. The monoisotopic (exact) mass is 592 g/mol. The number of rotatable bonds is 5. The van der Waals surface area contributed by atoms with Crippen LogP contribution in [-0.2, 0) is 0 Å². The summed E-state index contributed by atoms with van der Waals surface area (Å²) >= 11 is 6.51. The molecule has 0 nitrogen and oxygen atoms in total. The molecule has 0 saturated heterocycles. The molecule has 4 aliphatic rings. The Balaban J connectivity index is 1.43. The lowest BCUT2D eigenvalue weighted by Gasteiger charge is -2.43. The zero-order chi connectivity index (χ0) is 29.6. The molecule has 212 valence electrons. The summed E-state index contributed by atoms with van der Waals surface area (Å²) in [5.41, 5.74) is 12.2. The van der Waals surface area contributed by atoms with Crippen LogP contribution in [0, 0.1) is 0 Å². The Labute approximate surface area is 262 Å². The van der Waals surface area contributed by atoms with Crippen LogP contribution in [0.2, 0.25) is 22.7 Å². The highest BCUT2D eigenvalue weighted by molar-refractivity contribution is 6.95. The third kappa shape index (κ3) is 4.76. The van der Waals surface area contributed by atoms with Crippen molar-refractivity contribution in [1.82, 2.24) is 0 Å². The lowest BCUT2D eigenvalue weighted by molar-refractivity contribution is 0.987. The van der Waals surface area contributed by atoms with Gasteiger partial charge in [0.2, 0.25) is 0 Å². The van der Waals surface area contributed by atoms with Crippen molar-refractivity contribution in [2.45, 2.75) is 43.3 Å². The number of allylic oxidation sites excluding steroid dienone is 16. The van der Waals surface area contributed by atoms with Crippen molar-refractivity contribution in [3.05, 3.63) is 195 Å². The predicted molar refractivity (Wildman–Crippen MR) is 187 cm³/mol. The van der Waals surface area contributed by atoms with E-state index in [9.17, 15) is 0 Å². The van der Waals surface area contributed by atoms with Crippen molar-refractivity contribution < 1.29 is 0 Å². The summed E-state index contributed by atoms with van der Waals surface area (Å²) in [5, 5.41) is 2.25. The fraction of sp³-hybridized carbons (Fsp3) is 0.171. The molecule has 0 aromatic heterocycles. The van der Waals surface area contributed by atoms with Crippen LogP contribution in [0.25, 0.3) is 0 Å². The van der Waals surface area contributed by atoms with Crippen LogP contribution in [0.3, 0.4) is 0 Å². The minimum Gasteiger partial charge on any atom is -0.0843 e. The summed E-state index contributed by atoms with van der Waals surface area (Å²) in [5.74, 6) is 0.489. The van der Waals surface area contributed by atoms with E-state index in [1.54, 1.807) is 0 Å². The second-order valence-corrected chi connectivity index (χ2v) is 17.3. The van der Waals surface area contributed by atoms with Crippen molar-refractivity contribution in [3.8, 4) is 0 Å². The number of halogens is 1. The van der Waals surface area contributed by atoms with E-state index in [0.717, 1.165) is 5.02 Å². The lowest BCUT2D eigenvalue weighted by Crippen LogP contribution is -2.54. The van der Waals surface area contributed by atoms with Gasteiger partial charge in [-0.15, -0.1) is 0 Å². The van der Waals surface area contributed by atoms with E-state index in [-0.39, 0.29) is 11.8 Å². The molecule has 4 unspecified atom stereocenters. The molecule has 2 heteroatoms. The van der Waals surface area contributed by atoms with Crippen molar-refractivity contribution in [1.29, 1.82) is 0 Å². The summed E-state index contributed by atoms with van der Waals surface area (Å²) in [4.78, 5) is 0. The average Bonchev–Trinajstić information content (AvgIpc) is 3.35. The standard InChI is InChI=1S/C41H37ClSi/c1-28-26-38-34(30-14-6-4-7-15-30)18-10-12-20-36(38)40(28)43(3,33-24-22-32(42)23-25-33)41-29(2)27-39-35(19-11-13-21-37(39)41)31-16-8-5-9-17-31/h4-27,34-35,40-41H,1-3H3. The van der Waals surface area contributed by atoms with Crippen LogP contribution >= 0.6 is 11.6 Å². The van der Waals surface area contributed by atoms with Gasteiger partial charge in [0.15, 0.2) is 0 Å². The van der Waals surface area contributed by atoms with Gasteiger partial charge in [0.25, 0.3) is 0 Å². The molecule has 4 atom stereocenters. The summed E-state index contributed by atoms with van der Waals surface area (Å²) in [7, 11) is -2.40. The third-order valence-electron chi connectivity index (χ3n) is 10.00. The van der Waals surface area contributed by atoms with Crippen LogP contribution in [0.5, 0.6) is 0 Å². The van der Waals surface area contributed by atoms with Crippen molar-refractivity contribution in [3.63, 3.8) is 0 Å². The molecule has 0 N–H and O–H groups in total. The Kier molecular flexibility index (Phi) is 7.33. The van der Waals surface area contributed by atoms with Gasteiger partial charge in [-0.25, -0.2) is 0 Å². The first kappa shape index (κ1) is 27.9. The zero-order valence-electron chi connectivity index (χ0n) is 25.0. The van der Waals surface area contributed by atoms with Gasteiger partial charge in [-0.2, -0.15) is 0 Å². The topological polar surface area (TPSA) is 0 Å². The summed E-state index contributed by atoms with van der Waals surface area (Å²) in [6.07, 6.45) is 23.6. The zero-order valence-corrected chi connectivity index (χ0v) is 26.8. The Morgan fingerprint density at radius 3 is 1.42 bits per heavy atom. The summed E-state index contributed by atoms with van der Waals surface area (Å²) < 4.78 is 0. The SMILES string of the molecule is CC1=CC2=C(C=CC=CC2c2ccccc2)C1[Si](C)(c1ccc(Cl)cc1)C1C(C)=CC2=C1C=CC=CC2c1ccccc1. The molecule has 43 heavy (non-hydrogen) atoms. The van der Waals surface area contributed by atoms with Gasteiger partial charge in [0.05, 0.1) is 0 Å². The van der Waals surface area contributed by atoms with Gasteiger partial charge in [0.1, 0.15) is 8.07 Å². The molecular formula is C41H37ClSi. The van der Waals surface area contributed by atoms with Crippen LogP contribution < -0.4 is 5.19 Å². The van der Waals surface area contributed by atoms with E-state index in [2.05, 4.69) is 166 Å². The van der Waals surface area contributed by atoms with Gasteiger partial charge in [-0.3, -0.25) is 0 Å². The molecule has 7 rings (SSSR count). The minimum absolute atomic E-state index is 0.244. The van der Waals surface area contributed by atoms with E-state index < -0.39 is 8.07 Å². The number of hydrogen-bond acceptors (Lipinski definition) is 0. The van der Waals surface area contributed by atoms with E-state index in [4.69, 9.17) is 11.6 Å². The molecule has 3 aromatic rings. The highest BCUT2D eigenvalue weighted by Gasteiger charge is 2.52. The average molecular weight is 593 g/mol. The Hall–Kier alpha value is -3.91. The van der Waals surface area contributed by atoms with E-state index in [0.29, 0.717) is 11.1 Å². The lowest BCUT2D eigenvalue weighted by atomic mass is 9.89. The van der Waals surface area contributed by atoms with Crippen molar-refractivity contribution in [2.24, 2.45) is 0 Å². The van der Waals surface area contributed by atoms with Gasteiger partial charge in [0, 0.05) is 27.9 Å². The molecule has 0 aliphatic heterocycles. The maximum Gasteiger partial charge on any atom is 0.106 e. The van der Waals surface area contributed by atoms with Crippen LogP contribution in [0.4, 0.5) is 0 Å². The number of benzene rings is 3. The normalized spacial score (nSPS) is 25.6. The molecule has 4 aliphatic carbocycles. The Morgan fingerprint density at radius 2 is 0.977 bits per heavy atom. The fourth-order valence-corrected chi connectivity index (χ4v) is 14.1. The second-order valence-electron chi connectivity index (χ2n) is 12.5. The van der Waals surface area contributed by atoms with Crippen LogP contribution in [0.1, 0.15) is 36.8 Å². The first-order chi connectivity index (χ1) is 21.0. The highest BCUT2D eigenvalue weighted by Crippen LogP contribution is 2.58. The van der Waals surface area contributed by atoms with Crippen LogP contribution in [0.15, 0.2) is 179 Å². The second kappa shape index (κ2) is 11.3. The summed E-state index contributed by atoms with van der Waals surface area (Å²) in [6, 6.07) is 30.8. The Bertz CT molecular complexity index is 1680. The highest BCUT2D eigenvalue weighted by atomic mass is 35.5. The maximum absolute atomic E-state index is 6.51. The molecule has 0 radical (unpaired) electrons. The quantitative estimate of drug-likeness (QED) is 0.258. The van der Waals surface area contributed by atoms with E-state index in [1.807, 2.05) is 0 Å². The smallest absolute Gasteiger partial charge is 0.0843 e. The van der Waals surface area contributed by atoms with Gasteiger partial charge >= 0.3 is 0 Å². The fourth-order valence-electron chi connectivity index (χ4n) is 8.25. The van der Waals surface area contributed by atoms with Crippen LogP contribution in [-0.4, -0.2) is 8.07 Å². The molecule has 0 spiro atoms. The first-order valence-electron chi connectivity index (χ1n) is 15.4. The van der Waals surface area contributed by atoms with Gasteiger partial charge in [-0.1, -0.05) is 168 Å². The predicted octanol–water partition coefficient (Wildman–Crippen LogP) is 10.7. The Morgan fingerprint density at radius 1 is 0.535 bits per heavy atom. The van der Waals surface area contributed by atoms with E-state index >= 15 is 0 Å². The van der Waals surface area contributed by atoms with Gasteiger partial charge in [-0.05, 0) is 59.4 Å².